The second-order valence-corrected chi connectivity index (χ2v) is 7.40. The van der Waals surface area contributed by atoms with E-state index in [9.17, 15) is 18.0 Å². The monoisotopic (exact) mass is 386 g/mol. The van der Waals surface area contributed by atoms with Crippen molar-refractivity contribution in [2.45, 2.75) is 4.90 Å². The highest BCUT2D eigenvalue weighted by atomic mass is 32.2. The van der Waals surface area contributed by atoms with Crippen molar-refractivity contribution in [2.24, 2.45) is 0 Å². The molecule has 0 bridgehead atoms. The predicted octanol–water partition coefficient (Wildman–Crippen LogP) is -0.373. The molecule has 1 aromatic rings. The Balaban J connectivity index is 1.99. The Kier molecular flexibility index (Phi) is 7.51. The first-order valence-electron chi connectivity index (χ1n) is 8.06. The van der Waals surface area contributed by atoms with Crippen LogP contribution in [0.3, 0.4) is 0 Å². The number of nitrogens with one attached hydrogen (secondary N) is 1. The molecule has 0 aromatic heterocycles. The first-order valence-corrected chi connectivity index (χ1v) is 9.50. The number of esters is 1. The molecule has 0 radical (unpaired) electrons. The van der Waals surface area contributed by atoms with Crippen molar-refractivity contribution in [3.8, 4) is 0 Å². The molecule has 10 heteroatoms. The third kappa shape index (κ3) is 5.49. The number of morpholine rings is 1. The van der Waals surface area contributed by atoms with Crippen molar-refractivity contribution in [1.29, 1.82) is 0 Å². The van der Waals surface area contributed by atoms with E-state index in [1.165, 1.54) is 35.7 Å². The summed E-state index contributed by atoms with van der Waals surface area (Å²) in [6.45, 7) is 1.39. The lowest BCUT2D eigenvalue weighted by Gasteiger charge is -2.26. The molecule has 0 spiro atoms. The largest absolute Gasteiger partial charge is 0.452 e. The third-order valence-corrected chi connectivity index (χ3v) is 5.53. The minimum Gasteiger partial charge on any atom is -0.452 e. The molecule has 0 aliphatic carbocycles. The van der Waals surface area contributed by atoms with E-state index in [0.717, 1.165) is 0 Å². The van der Waals surface area contributed by atoms with Gasteiger partial charge in [0.05, 0.1) is 30.3 Å². The van der Waals surface area contributed by atoms with Gasteiger partial charge in [-0.25, -0.2) is 13.2 Å². The molecule has 1 aliphatic rings. The number of ether oxygens (including phenoxy) is 3. The fraction of sp³-hybridized carbons (Fsp3) is 0.500. The number of amides is 1. The van der Waals surface area contributed by atoms with E-state index in [4.69, 9.17) is 14.2 Å². The molecule has 1 saturated heterocycles. The van der Waals surface area contributed by atoms with E-state index >= 15 is 0 Å². The average molecular weight is 386 g/mol. The van der Waals surface area contributed by atoms with E-state index in [1.54, 1.807) is 0 Å². The Hall–Kier alpha value is -2.01. The molecule has 9 nitrogen and oxygen atoms in total. The van der Waals surface area contributed by atoms with E-state index < -0.39 is 28.5 Å². The van der Waals surface area contributed by atoms with Crippen molar-refractivity contribution >= 4 is 21.9 Å². The van der Waals surface area contributed by atoms with Crippen LogP contribution >= 0.6 is 0 Å². The molecule has 1 amide bonds. The zero-order chi connectivity index (χ0) is 19.0. The van der Waals surface area contributed by atoms with Crippen molar-refractivity contribution < 1.29 is 32.2 Å². The highest BCUT2D eigenvalue weighted by molar-refractivity contribution is 7.89. The Bertz CT molecular complexity index is 730. The third-order valence-electron chi connectivity index (χ3n) is 3.64. The minimum atomic E-state index is -3.71. The maximum absolute atomic E-state index is 12.6. The molecule has 2 rings (SSSR count). The second-order valence-electron chi connectivity index (χ2n) is 5.46. The molecule has 0 atom stereocenters. The molecule has 0 unspecified atom stereocenters. The van der Waals surface area contributed by atoms with Crippen LogP contribution in [0.5, 0.6) is 0 Å². The second kappa shape index (κ2) is 9.62. The molecule has 1 fully saturated rings. The zero-order valence-electron chi connectivity index (χ0n) is 14.5. The Labute approximate surface area is 152 Å². The maximum Gasteiger partial charge on any atom is 0.338 e. The Morgan fingerprint density at radius 3 is 2.69 bits per heavy atom. The number of rotatable bonds is 8. The van der Waals surface area contributed by atoms with Gasteiger partial charge in [-0.2, -0.15) is 4.31 Å². The van der Waals surface area contributed by atoms with Crippen LogP contribution in [0.25, 0.3) is 0 Å². The number of carbonyl (C=O) groups excluding carboxylic acids is 2. The summed E-state index contributed by atoms with van der Waals surface area (Å²) in [5.74, 6) is -1.24. The number of hydrogen-bond donors (Lipinski definition) is 1. The maximum atomic E-state index is 12.6. The van der Waals surface area contributed by atoms with Gasteiger partial charge in [0.1, 0.15) is 0 Å². The van der Waals surface area contributed by atoms with Crippen LogP contribution in [0.4, 0.5) is 0 Å². The highest BCUT2D eigenvalue weighted by Crippen LogP contribution is 2.18. The predicted molar refractivity (Wildman–Crippen MR) is 91.2 cm³/mol. The minimum absolute atomic E-state index is 0.00149. The van der Waals surface area contributed by atoms with E-state index in [1.807, 2.05) is 0 Å². The summed E-state index contributed by atoms with van der Waals surface area (Å²) in [7, 11) is -2.21. The summed E-state index contributed by atoms with van der Waals surface area (Å²) in [5, 5.41) is 2.51. The normalized spacial score (nSPS) is 15.4. The molecular formula is C16H22N2O7S. The van der Waals surface area contributed by atoms with Gasteiger partial charge in [0, 0.05) is 26.7 Å². The summed E-state index contributed by atoms with van der Waals surface area (Å²) in [4.78, 5) is 23.6. The topological polar surface area (TPSA) is 111 Å². The fourth-order valence-corrected chi connectivity index (χ4v) is 3.73. The first-order chi connectivity index (χ1) is 12.4. The van der Waals surface area contributed by atoms with Crippen LogP contribution in [0.2, 0.25) is 0 Å². The van der Waals surface area contributed by atoms with Gasteiger partial charge in [-0.05, 0) is 18.2 Å². The summed E-state index contributed by atoms with van der Waals surface area (Å²) < 4.78 is 41.4. The molecular weight excluding hydrogens is 364 g/mol. The number of nitrogens with zero attached hydrogens (tertiary/aromatic N) is 1. The molecule has 1 aliphatic heterocycles. The van der Waals surface area contributed by atoms with Crippen molar-refractivity contribution in [3.05, 3.63) is 29.8 Å². The summed E-state index contributed by atoms with van der Waals surface area (Å²) in [6.07, 6.45) is 0. The van der Waals surface area contributed by atoms with Gasteiger partial charge >= 0.3 is 5.97 Å². The quantitative estimate of drug-likeness (QED) is 0.479. The molecule has 0 saturated carbocycles. The lowest BCUT2D eigenvalue weighted by Crippen LogP contribution is -2.40. The molecule has 144 valence electrons. The Morgan fingerprint density at radius 1 is 1.27 bits per heavy atom. The van der Waals surface area contributed by atoms with Gasteiger partial charge in [-0.1, -0.05) is 6.07 Å². The van der Waals surface area contributed by atoms with Crippen LogP contribution in [-0.4, -0.2) is 77.8 Å². The van der Waals surface area contributed by atoms with Gasteiger partial charge in [0.2, 0.25) is 10.0 Å². The fourth-order valence-electron chi connectivity index (χ4n) is 2.28. The van der Waals surface area contributed by atoms with Crippen LogP contribution in [0.1, 0.15) is 10.4 Å². The summed E-state index contributed by atoms with van der Waals surface area (Å²) in [6, 6.07) is 5.56. The number of sulfonamides is 1. The smallest absolute Gasteiger partial charge is 0.338 e. The molecule has 1 aromatic carbocycles. The van der Waals surface area contributed by atoms with Gasteiger partial charge in [-0.3, -0.25) is 4.79 Å². The van der Waals surface area contributed by atoms with Crippen LogP contribution in [0, 0.1) is 0 Å². The van der Waals surface area contributed by atoms with Crippen LogP contribution in [0.15, 0.2) is 29.2 Å². The van der Waals surface area contributed by atoms with Crippen molar-refractivity contribution in [2.75, 3.05) is 53.2 Å². The molecule has 1 N–H and O–H groups in total. The van der Waals surface area contributed by atoms with Gasteiger partial charge in [0.25, 0.3) is 5.91 Å². The van der Waals surface area contributed by atoms with Crippen molar-refractivity contribution in [1.82, 2.24) is 9.62 Å². The van der Waals surface area contributed by atoms with Crippen molar-refractivity contribution in [3.63, 3.8) is 0 Å². The lowest BCUT2D eigenvalue weighted by atomic mass is 10.2. The number of methoxy groups -OCH3 is 1. The first kappa shape index (κ1) is 20.3. The van der Waals surface area contributed by atoms with E-state index in [2.05, 4.69) is 5.32 Å². The van der Waals surface area contributed by atoms with Crippen LogP contribution in [-0.2, 0) is 29.0 Å². The zero-order valence-corrected chi connectivity index (χ0v) is 15.3. The highest BCUT2D eigenvalue weighted by Gasteiger charge is 2.27. The Morgan fingerprint density at radius 2 is 2.00 bits per heavy atom. The molecule has 26 heavy (non-hydrogen) atoms. The van der Waals surface area contributed by atoms with Gasteiger partial charge in [-0.15, -0.1) is 0 Å². The lowest BCUT2D eigenvalue weighted by molar-refractivity contribution is -0.124. The number of hydrogen-bond acceptors (Lipinski definition) is 7. The van der Waals surface area contributed by atoms with Gasteiger partial charge < -0.3 is 19.5 Å². The standard InChI is InChI=1S/C16H22N2O7S/c1-23-8-5-17-15(19)12-25-16(20)13-3-2-4-14(11-13)26(21,22)18-6-9-24-10-7-18/h2-4,11H,5-10,12H2,1H3,(H,17,19). The van der Waals surface area contributed by atoms with E-state index in [0.29, 0.717) is 26.4 Å². The number of carbonyl (C=O) groups is 2. The summed E-state index contributed by atoms with van der Waals surface area (Å²) in [5.41, 5.74) is 0.0593. The van der Waals surface area contributed by atoms with Gasteiger partial charge in [0.15, 0.2) is 6.61 Å². The average Bonchev–Trinajstić information content (AvgIpc) is 2.67. The summed E-state index contributed by atoms with van der Waals surface area (Å²) >= 11 is 0. The SMILES string of the molecule is COCCNC(=O)COC(=O)c1cccc(S(=O)(=O)N2CCOCC2)c1. The van der Waals surface area contributed by atoms with Crippen LogP contribution < -0.4 is 5.32 Å². The molecule has 1 heterocycles. The number of benzene rings is 1. The van der Waals surface area contributed by atoms with E-state index in [-0.39, 0.29) is 23.5 Å².